The number of carbonyl (C=O) groups excluding carboxylic acids is 1. The van der Waals surface area contributed by atoms with Crippen LogP contribution in [0.25, 0.3) is 0 Å². The molecule has 0 amide bonds. The Morgan fingerprint density at radius 2 is 1.24 bits per heavy atom. The van der Waals surface area contributed by atoms with Crippen molar-refractivity contribution in [2.45, 2.75) is 90.4 Å². The van der Waals surface area contributed by atoms with Gasteiger partial charge in [-0.1, -0.05) is 39.0 Å². The molecule has 0 aliphatic heterocycles. The maximum atomic E-state index is 10.9. The second-order valence-electron chi connectivity index (χ2n) is 7.80. The van der Waals surface area contributed by atoms with E-state index in [1.807, 2.05) is 6.20 Å². The van der Waals surface area contributed by atoms with Gasteiger partial charge in [-0.2, -0.15) is 0 Å². The standard InChI is InChI=1S/C22H39NO6/c1-2-3-4-5-6-7-8-9-16-23(17-10-13-20(24)25,18-11-14-21(26)27)19-12-15-22(28)29/h9,16H,2-8,10-15,17-19H2,1H3,(H2-,24,25,26,27,28,29)/b16-9+. The van der Waals surface area contributed by atoms with Gasteiger partial charge in [0.1, 0.15) is 0 Å². The van der Waals surface area contributed by atoms with E-state index in [9.17, 15) is 19.5 Å². The number of unbranched alkanes of at least 4 members (excludes halogenated alkanes) is 6. The van der Waals surface area contributed by atoms with Crippen LogP contribution in [0.3, 0.4) is 0 Å². The van der Waals surface area contributed by atoms with Crippen LogP contribution in [0, 0.1) is 0 Å². The lowest BCUT2D eigenvalue weighted by molar-refractivity contribution is -0.880. The summed E-state index contributed by atoms with van der Waals surface area (Å²) in [6.45, 7) is 3.85. The molecule has 0 spiro atoms. The van der Waals surface area contributed by atoms with Crippen LogP contribution in [0.5, 0.6) is 0 Å². The van der Waals surface area contributed by atoms with Crippen molar-refractivity contribution in [3.63, 3.8) is 0 Å². The molecular formula is C22H39NO6. The molecule has 0 fully saturated rings. The van der Waals surface area contributed by atoms with Gasteiger partial charge in [0.15, 0.2) is 0 Å². The van der Waals surface area contributed by atoms with E-state index >= 15 is 0 Å². The molecular weight excluding hydrogens is 374 g/mol. The van der Waals surface area contributed by atoms with Crippen molar-refractivity contribution in [1.29, 1.82) is 0 Å². The van der Waals surface area contributed by atoms with Crippen LogP contribution in [0.4, 0.5) is 0 Å². The molecule has 0 bridgehead atoms. The topological polar surface area (TPSA) is 115 Å². The van der Waals surface area contributed by atoms with E-state index in [2.05, 4.69) is 13.0 Å². The van der Waals surface area contributed by atoms with Gasteiger partial charge in [0.05, 0.1) is 38.7 Å². The van der Waals surface area contributed by atoms with E-state index in [0.717, 1.165) is 12.8 Å². The van der Waals surface area contributed by atoms with Gasteiger partial charge in [-0.05, 0) is 25.3 Å². The molecule has 0 radical (unpaired) electrons. The summed E-state index contributed by atoms with van der Waals surface area (Å²) in [5, 5.41) is 28.7. The lowest BCUT2D eigenvalue weighted by Crippen LogP contribution is -2.46. The number of carbonyl (C=O) groups is 3. The maximum Gasteiger partial charge on any atom is 0.303 e. The molecule has 0 aliphatic rings. The average molecular weight is 414 g/mol. The van der Waals surface area contributed by atoms with E-state index in [1.165, 1.54) is 32.1 Å². The first-order chi connectivity index (χ1) is 13.8. The first-order valence-electron chi connectivity index (χ1n) is 11.0. The summed E-state index contributed by atoms with van der Waals surface area (Å²) in [6.07, 6.45) is 13.7. The predicted octanol–water partition coefficient (Wildman–Crippen LogP) is 3.33. The first kappa shape index (κ1) is 27.1. The number of carboxylic acid groups (broad SMARTS) is 3. The van der Waals surface area contributed by atoms with Gasteiger partial charge < -0.3 is 20.1 Å². The van der Waals surface area contributed by atoms with Crippen molar-refractivity contribution >= 4 is 17.9 Å². The Hall–Kier alpha value is -1.89. The molecule has 0 aromatic heterocycles. The average Bonchev–Trinajstić information content (AvgIpc) is 2.63. The summed E-state index contributed by atoms with van der Waals surface area (Å²) in [6, 6.07) is 0. The van der Waals surface area contributed by atoms with Gasteiger partial charge in [0.2, 0.25) is 0 Å². The minimum atomic E-state index is -1.10. The summed E-state index contributed by atoms with van der Waals surface area (Å²) < 4.78 is 0.434. The number of carboxylic acids is 3. The van der Waals surface area contributed by atoms with Crippen molar-refractivity contribution in [3.05, 3.63) is 12.3 Å². The highest BCUT2D eigenvalue weighted by Crippen LogP contribution is 2.17. The van der Waals surface area contributed by atoms with Gasteiger partial charge >= 0.3 is 11.9 Å². The minimum Gasteiger partial charge on any atom is -0.550 e. The van der Waals surface area contributed by atoms with Crippen LogP contribution in [-0.2, 0) is 14.4 Å². The van der Waals surface area contributed by atoms with E-state index in [0.29, 0.717) is 43.4 Å². The summed E-state index contributed by atoms with van der Waals surface area (Å²) in [7, 11) is 0. The second-order valence-corrected chi connectivity index (χ2v) is 7.80. The molecule has 29 heavy (non-hydrogen) atoms. The maximum absolute atomic E-state index is 10.9. The summed E-state index contributed by atoms with van der Waals surface area (Å²) in [4.78, 5) is 32.6. The van der Waals surface area contributed by atoms with Crippen molar-refractivity contribution in [3.8, 4) is 0 Å². The third-order valence-electron chi connectivity index (χ3n) is 5.12. The minimum absolute atomic E-state index is 0.0463. The SMILES string of the molecule is CCCCCCCC/C=C/[N+](CCCC(=O)[O-])(CCCC(=O)O)CCCC(=O)O. The highest BCUT2D eigenvalue weighted by Gasteiger charge is 2.24. The number of hydrogen-bond acceptors (Lipinski definition) is 4. The zero-order valence-electron chi connectivity index (χ0n) is 17.9. The van der Waals surface area contributed by atoms with Crippen molar-refractivity contribution in [2.75, 3.05) is 19.6 Å². The lowest BCUT2D eigenvalue weighted by atomic mass is 10.1. The second kappa shape index (κ2) is 17.0. The molecule has 0 atom stereocenters. The number of hydrogen-bond donors (Lipinski definition) is 2. The van der Waals surface area contributed by atoms with Crippen LogP contribution in [-0.4, -0.2) is 52.2 Å². The number of rotatable bonds is 20. The van der Waals surface area contributed by atoms with E-state index in [4.69, 9.17) is 10.2 Å². The Balaban J connectivity index is 4.91. The molecule has 7 nitrogen and oxygen atoms in total. The molecule has 0 saturated carbocycles. The molecule has 168 valence electrons. The van der Waals surface area contributed by atoms with Crippen molar-refractivity contribution in [2.24, 2.45) is 0 Å². The Morgan fingerprint density at radius 1 is 0.759 bits per heavy atom. The van der Waals surface area contributed by atoms with E-state index < -0.39 is 17.9 Å². The largest absolute Gasteiger partial charge is 0.550 e. The van der Waals surface area contributed by atoms with Gasteiger partial charge in [-0.25, -0.2) is 0 Å². The van der Waals surface area contributed by atoms with Crippen molar-refractivity contribution < 1.29 is 34.2 Å². The third-order valence-corrected chi connectivity index (χ3v) is 5.12. The number of quaternary nitrogens is 1. The van der Waals surface area contributed by atoms with Crippen molar-refractivity contribution in [1.82, 2.24) is 0 Å². The van der Waals surface area contributed by atoms with Gasteiger partial charge in [-0.15, -0.1) is 0 Å². The van der Waals surface area contributed by atoms with Crippen LogP contribution >= 0.6 is 0 Å². The van der Waals surface area contributed by atoms with Crippen LogP contribution in [0.2, 0.25) is 0 Å². The normalized spacial score (nSPS) is 11.8. The van der Waals surface area contributed by atoms with Gasteiger partial charge in [-0.3, -0.25) is 14.1 Å². The molecule has 0 unspecified atom stereocenters. The Bertz CT molecular complexity index is 453. The predicted molar refractivity (Wildman–Crippen MR) is 110 cm³/mol. The molecule has 0 heterocycles. The molecule has 2 N–H and O–H groups in total. The monoisotopic (exact) mass is 413 g/mol. The molecule has 0 aromatic carbocycles. The molecule has 0 saturated heterocycles. The lowest BCUT2D eigenvalue weighted by Gasteiger charge is -2.35. The molecule has 0 aliphatic carbocycles. The number of nitrogens with zero attached hydrogens (tertiary/aromatic N) is 1. The zero-order chi connectivity index (χ0) is 22.0. The number of allylic oxidation sites excluding steroid dienone is 1. The molecule has 0 rings (SSSR count). The fourth-order valence-electron chi connectivity index (χ4n) is 3.53. The Labute approximate surface area is 175 Å². The summed E-state index contributed by atoms with van der Waals surface area (Å²) >= 11 is 0. The van der Waals surface area contributed by atoms with Crippen LogP contribution < -0.4 is 5.11 Å². The van der Waals surface area contributed by atoms with Crippen LogP contribution in [0.1, 0.15) is 90.4 Å². The highest BCUT2D eigenvalue weighted by atomic mass is 16.4. The molecule has 7 heteroatoms. The Kier molecular flexibility index (Phi) is 15.9. The highest BCUT2D eigenvalue weighted by molar-refractivity contribution is 5.66. The fraction of sp³-hybridized carbons (Fsp3) is 0.773. The molecule has 0 aromatic rings. The van der Waals surface area contributed by atoms with Gasteiger partial charge in [0, 0.05) is 25.2 Å². The quantitative estimate of drug-likeness (QED) is 0.234. The summed E-state index contributed by atoms with van der Waals surface area (Å²) in [5.41, 5.74) is 0. The van der Waals surface area contributed by atoms with Crippen LogP contribution in [0.15, 0.2) is 12.3 Å². The fourth-order valence-corrected chi connectivity index (χ4v) is 3.53. The zero-order valence-corrected chi connectivity index (χ0v) is 17.9. The van der Waals surface area contributed by atoms with E-state index in [1.54, 1.807) is 0 Å². The van der Waals surface area contributed by atoms with E-state index in [-0.39, 0.29) is 19.3 Å². The third kappa shape index (κ3) is 16.7. The summed E-state index contributed by atoms with van der Waals surface area (Å²) in [5.74, 6) is -2.82. The smallest absolute Gasteiger partial charge is 0.303 e. The van der Waals surface area contributed by atoms with Gasteiger partial charge in [0.25, 0.3) is 0 Å². The first-order valence-corrected chi connectivity index (χ1v) is 11.0. The number of aliphatic carboxylic acids is 3. The Morgan fingerprint density at radius 3 is 1.72 bits per heavy atom.